The van der Waals surface area contributed by atoms with Crippen molar-refractivity contribution in [2.75, 3.05) is 27.2 Å². The number of hydrogen-bond acceptors (Lipinski definition) is 4. The van der Waals surface area contributed by atoms with Gasteiger partial charge in [-0.05, 0) is 14.1 Å². The zero-order valence-electron chi connectivity index (χ0n) is 7.70. The molecule has 0 bridgehead atoms. The van der Waals surface area contributed by atoms with Gasteiger partial charge < -0.3 is 9.64 Å². The monoisotopic (exact) mass is 201 g/mol. The third-order valence-electron chi connectivity index (χ3n) is 1.37. The summed E-state index contributed by atoms with van der Waals surface area (Å²) in [5.41, 5.74) is 0. The molecule has 0 unspecified atom stereocenters. The highest BCUT2D eigenvalue weighted by Gasteiger charge is 1.97. The highest BCUT2D eigenvalue weighted by atomic mass is 35.5. The van der Waals surface area contributed by atoms with Crippen LogP contribution in [0.25, 0.3) is 0 Å². The van der Waals surface area contributed by atoms with Gasteiger partial charge in [0.15, 0.2) is 5.15 Å². The lowest BCUT2D eigenvalue weighted by Gasteiger charge is -2.09. The normalized spacial score (nSPS) is 10.5. The molecular formula is C8H12ClN3O. The summed E-state index contributed by atoms with van der Waals surface area (Å²) in [5, 5.41) is 0.349. The summed E-state index contributed by atoms with van der Waals surface area (Å²) in [6, 6.07) is 0. The summed E-state index contributed by atoms with van der Waals surface area (Å²) in [4.78, 5) is 9.81. The first-order valence-electron chi connectivity index (χ1n) is 3.93. The van der Waals surface area contributed by atoms with Crippen LogP contribution in [0.5, 0.6) is 5.88 Å². The number of rotatable bonds is 4. The van der Waals surface area contributed by atoms with Gasteiger partial charge in [-0.15, -0.1) is 0 Å². The molecule has 0 atom stereocenters. The smallest absolute Gasteiger partial charge is 0.233 e. The molecule has 0 saturated heterocycles. The van der Waals surface area contributed by atoms with E-state index < -0.39 is 0 Å². The number of nitrogens with zero attached hydrogens (tertiary/aromatic N) is 3. The molecule has 1 heterocycles. The first-order valence-corrected chi connectivity index (χ1v) is 4.31. The summed E-state index contributed by atoms with van der Waals surface area (Å²) in [6.07, 6.45) is 3.02. The second-order valence-electron chi connectivity index (χ2n) is 2.83. The van der Waals surface area contributed by atoms with Gasteiger partial charge in [0.25, 0.3) is 0 Å². The van der Waals surface area contributed by atoms with E-state index in [4.69, 9.17) is 16.3 Å². The highest BCUT2D eigenvalue weighted by Crippen LogP contribution is 2.08. The van der Waals surface area contributed by atoms with Crippen molar-refractivity contribution in [3.8, 4) is 5.88 Å². The van der Waals surface area contributed by atoms with E-state index in [0.717, 1.165) is 6.54 Å². The van der Waals surface area contributed by atoms with Crippen LogP contribution in [0.2, 0.25) is 5.15 Å². The topological polar surface area (TPSA) is 38.2 Å². The molecule has 0 spiro atoms. The van der Waals surface area contributed by atoms with Crippen molar-refractivity contribution < 1.29 is 4.74 Å². The lowest BCUT2D eigenvalue weighted by Crippen LogP contribution is -2.19. The van der Waals surface area contributed by atoms with Crippen LogP contribution in [-0.4, -0.2) is 42.1 Å². The zero-order chi connectivity index (χ0) is 9.68. The van der Waals surface area contributed by atoms with E-state index in [9.17, 15) is 0 Å². The maximum Gasteiger partial charge on any atom is 0.233 e. The lowest BCUT2D eigenvalue weighted by atomic mass is 10.6. The Hall–Kier alpha value is -0.870. The van der Waals surface area contributed by atoms with Gasteiger partial charge in [0.2, 0.25) is 5.88 Å². The van der Waals surface area contributed by atoms with Gasteiger partial charge in [-0.1, -0.05) is 11.6 Å². The first-order chi connectivity index (χ1) is 6.18. The van der Waals surface area contributed by atoms with E-state index in [1.165, 1.54) is 6.20 Å². The molecule has 0 aliphatic carbocycles. The summed E-state index contributed by atoms with van der Waals surface area (Å²) < 4.78 is 5.30. The molecule has 0 N–H and O–H groups in total. The van der Waals surface area contributed by atoms with Crippen LogP contribution in [0.15, 0.2) is 12.4 Å². The Morgan fingerprint density at radius 2 is 2.23 bits per heavy atom. The molecule has 0 aromatic carbocycles. The summed E-state index contributed by atoms with van der Waals surface area (Å²) >= 11 is 5.62. The molecule has 0 aliphatic heterocycles. The molecule has 0 saturated carbocycles. The van der Waals surface area contributed by atoms with Crippen LogP contribution in [0.3, 0.4) is 0 Å². The minimum Gasteiger partial charge on any atom is -0.475 e. The number of halogens is 1. The second-order valence-corrected chi connectivity index (χ2v) is 3.22. The minimum absolute atomic E-state index is 0.349. The average Bonchev–Trinajstić information content (AvgIpc) is 2.03. The molecule has 0 amide bonds. The zero-order valence-corrected chi connectivity index (χ0v) is 8.45. The number of likely N-dealkylation sites (N-methyl/N-ethyl adjacent to an activating group) is 1. The molecule has 1 aromatic heterocycles. The van der Waals surface area contributed by atoms with E-state index in [0.29, 0.717) is 17.6 Å². The second kappa shape index (κ2) is 4.99. The van der Waals surface area contributed by atoms with Crippen LogP contribution >= 0.6 is 11.6 Å². The standard InChI is InChI=1S/C8H12ClN3O/c1-12(2)3-4-13-8-6-10-5-7(9)11-8/h5-6H,3-4H2,1-2H3. The Bertz CT molecular complexity index is 267. The highest BCUT2D eigenvalue weighted by molar-refractivity contribution is 6.29. The number of hydrogen-bond donors (Lipinski definition) is 0. The van der Waals surface area contributed by atoms with Crippen molar-refractivity contribution in [3.05, 3.63) is 17.5 Å². The molecule has 1 aromatic rings. The van der Waals surface area contributed by atoms with Crippen molar-refractivity contribution in [1.29, 1.82) is 0 Å². The maximum absolute atomic E-state index is 5.62. The fourth-order valence-corrected chi connectivity index (χ4v) is 0.868. The minimum atomic E-state index is 0.349. The van der Waals surface area contributed by atoms with Gasteiger partial charge in [-0.3, -0.25) is 4.98 Å². The lowest BCUT2D eigenvalue weighted by molar-refractivity contribution is 0.253. The van der Waals surface area contributed by atoms with Gasteiger partial charge in [0.1, 0.15) is 6.61 Å². The van der Waals surface area contributed by atoms with Gasteiger partial charge >= 0.3 is 0 Å². The molecule has 4 nitrogen and oxygen atoms in total. The molecule has 5 heteroatoms. The van der Waals surface area contributed by atoms with Gasteiger partial charge in [0.05, 0.1) is 12.4 Å². The van der Waals surface area contributed by atoms with Crippen molar-refractivity contribution in [2.45, 2.75) is 0 Å². The van der Waals surface area contributed by atoms with Gasteiger partial charge in [0, 0.05) is 6.54 Å². The van der Waals surface area contributed by atoms with E-state index in [1.54, 1.807) is 6.20 Å². The molecule has 13 heavy (non-hydrogen) atoms. The Balaban J connectivity index is 2.37. The van der Waals surface area contributed by atoms with Crippen LogP contribution in [0, 0.1) is 0 Å². The summed E-state index contributed by atoms with van der Waals surface area (Å²) in [7, 11) is 3.96. The molecule has 0 fully saturated rings. The Labute approximate surface area is 82.5 Å². The third kappa shape index (κ3) is 4.05. The van der Waals surface area contributed by atoms with Crippen LogP contribution in [-0.2, 0) is 0 Å². The number of ether oxygens (including phenoxy) is 1. The van der Waals surface area contributed by atoms with Gasteiger partial charge in [-0.25, -0.2) is 0 Å². The molecule has 72 valence electrons. The van der Waals surface area contributed by atoms with Crippen molar-refractivity contribution >= 4 is 11.6 Å². The van der Waals surface area contributed by atoms with E-state index in [1.807, 2.05) is 19.0 Å². The quantitative estimate of drug-likeness (QED) is 0.731. The first kappa shape index (κ1) is 10.2. The Morgan fingerprint density at radius 3 is 2.85 bits per heavy atom. The van der Waals surface area contributed by atoms with Crippen LogP contribution < -0.4 is 4.74 Å². The molecular weight excluding hydrogens is 190 g/mol. The average molecular weight is 202 g/mol. The predicted octanol–water partition coefficient (Wildman–Crippen LogP) is 1.07. The van der Waals surface area contributed by atoms with Crippen molar-refractivity contribution in [1.82, 2.24) is 14.9 Å². The van der Waals surface area contributed by atoms with Crippen LogP contribution in [0.4, 0.5) is 0 Å². The third-order valence-corrected chi connectivity index (χ3v) is 1.55. The summed E-state index contributed by atoms with van der Waals surface area (Å²) in [6.45, 7) is 1.43. The molecule has 1 rings (SSSR count). The molecule has 0 aliphatic rings. The maximum atomic E-state index is 5.62. The van der Waals surface area contributed by atoms with Crippen molar-refractivity contribution in [3.63, 3.8) is 0 Å². The van der Waals surface area contributed by atoms with Gasteiger partial charge in [-0.2, -0.15) is 4.98 Å². The fourth-order valence-electron chi connectivity index (χ4n) is 0.728. The largest absolute Gasteiger partial charge is 0.475 e. The van der Waals surface area contributed by atoms with Crippen molar-refractivity contribution in [2.24, 2.45) is 0 Å². The molecule has 0 radical (unpaired) electrons. The van der Waals surface area contributed by atoms with E-state index in [-0.39, 0.29) is 0 Å². The predicted molar refractivity (Wildman–Crippen MR) is 51.1 cm³/mol. The van der Waals surface area contributed by atoms with E-state index in [2.05, 4.69) is 9.97 Å². The fraction of sp³-hybridized carbons (Fsp3) is 0.500. The summed E-state index contributed by atoms with van der Waals surface area (Å²) in [5.74, 6) is 0.467. The van der Waals surface area contributed by atoms with Crippen LogP contribution in [0.1, 0.15) is 0 Å². The van der Waals surface area contributed by atoms with E-state index >= 15 is 0 Å². The number of aromatic nitrogens is 2. The Morgan fingerprint density at radius 1 is 1.46 bits per heavy atom. The SMILES string of the molecule is CN(C)CCOc1cncc(Cl)n1. The Kier molecular flexibility index (Phi) is 3.92.